The minimum Gasteiger partial charge on any atom is -0.454 e. The Morgan fingerprint density at radius 3 is 1.77 bits per heavy atom. The summed E-state index contributed by atoms with van der Waals surface area (Å²) in [6.45, 7) is 14.9. The first kappa shape index (κ1) is 53.5. The van der Waals surface area contributed by atoms with E-state index in [-0.39, 0.29) is 28.6 Å². The third kappa shape index (κ3) is 7.24. The van der Waals surface area contributed by atoms with Crippen molar-refractivity contribution in [1.29, 1.82) is 0 Å². The lowest BCUT2D eigenvalue weighted by atomic mass is 9.33. The Balaban J connectivity index is 0.940. The number of furan rings is 1. The molecule has 4 atom stereocenters. The van der Waals surface area contributed by atoms with Gasteiger partial charge in [-0.15, -0.1) is 11.3 Å². The Hall–Kier alpha value is -9.30. The van der Waals surface area contributed by atoms with Crippen LogP contribution in [-0.2, 0) is 10.8 Å². The summed E-state index contributed by atoms with van der Waals surface area (Å²) in [6.07, 6.45) is 9.31. The van der Waals surface area contributed by atoms with Gasteiger partial charge in [-0.25, -0.2) is 0 Å². The number of hydrogen-bond donors (Lipinski definition) is 0. The zero-order chi connectivity index (χ0) is 60.9. The van der Waals surface area contributed by atoms with E-state index in [1.807, 2.05) is 11.3 Å². The minimum absolute atomic E-state index is 0.0249. The lowest BCUT2D eigenvalue weighted by molar-refractivity contribution is 0.194. The second kappa shape index (κ2) is 19.1. The standard InChI is InChI=1S/C84H71BN4OS/c1-52-44-53(2)78-72(45-52)88(84(6)43-20-18-41-82(78,84)4)59-35-38-67-71(48-59)87(69-29-21-28-64-61-26-13-15-30-75(61)90-80(64)69)74-50-60(89-68-39-33-56(54-22-9-7-10-23-54)46-65(68)81(3)40-17-19-42-83(81,89)5)49-73-79(74)85(67)66-37-32-57(55-24-11-8-12-25-55)47-70(66)86(73)58-34-36-63-62-27-14-16-31-76(62)91-77(63)51-58/h7-16,21-39,44-51H,17-20,40-43H2,1-6H3. The molecule has 5 nitrogen and oxygen atoms in total. The molecule has 91 heavy (non-hydrogen) atoms. The number of fused-ring (bicyclic) bond motifs is 16. The molecular weight excluding hydrogens is 1120 g/mol. The summed E-state index contributed by atoms with van der Waals surface area (Å²) in [6, 6.07) is 86.4. The van der Waals surface area contributed by atoms with Gasteiger partial charge in [0.15, 0.2) is 5.58 Å². The summed E-state index contributed by atoms with van der Waals surface area (Å²) >= 11 is 1.90. The first-order valence-electron chi connectivity index (χ1n) is 33.3. The fraction of sp³-hybridized carbons (Fsp3) is 0.214. The zero-order valence-electron chi connectivity index (χ0n) is 52.7. The average molecular weight is 1200 g/mol. The van der Waals surface area contributed by atoms with E-state index in [0.29, 0.717) is 0 Å². The summed E-state index contributed by atoms with van der Waals surface area (Å²) in [7, 11) is 0. The molecule has 0 bridgehead atoms. The fourth-order valence-corrected chi connectivity index (χ4v) is 20.2. The van der Waals surface area contributed by atoms with Gasteiger partial charge in [-0.2, -0.15) is 0 Å². The van der Waals surface area contributed by atoms with Crippen LogP contribution in [0.4, 0.5) is 56.9 Å². The molecule has 13 aromatic rings. The van der Waals surface area contributed by atoms with Crippen molar-refractivity contribution in [3.8, 4) is 22.3 Å². The Morgan fingerprint density at radius 1 is 0.396 bits per heavy atom. The van der Waals surface area contributed by atoms with Crippen molar-refractivity contribution in [2.45, 2.75) is 115 Å². The van der Waals surface area contributed by atoms with Gasteiger partial charge in [-0.05, 0) is 193 Å². The number of anilines is 10. The van der Waals surface area contributed by atoms with Crippen LogP contribution in [0.15, 0.2) is 229 Å². The molecule has 2 fully saturated rings. The molecule has 7 heteroatoms. The number of hydrogen-bond acceptors (Lipinski definition) is 6. The van der Waals surface area contributed by atoms with Crippen molar-refractivity contribution in [2.75, 3.05) is 19.6 Å². The molecule has 442 valence electrons. The van der Waals surface area contributed by atoms with Crippen LogP contribution in [0.3, 0.4) is 0 Å². The highest BCUT2D eigenvalue weighted by atomic mass is 32.1. The van der Waals surface area contributed by atoms with Crippen molar-refractivity contribution in [3.05, 3.63) is 247 Å². The predicted molar refractivity (Wildman–Crippen MR) is 387 cm³/mol. The molecule has 0 N–H and O–H groups in total. The maximum atomic E-state index is 7.29. The van der Waals surface area contributed by atoms with Crippen molar-refractivity contribution in [1.82, 2.24) is 0 Å². The molecule has 6 heterocycles. The van der Waals surface area contributed by atoms with E-state index in [2.05, 4.69) is 286 Å². The molecule has 0 spiro atoms. The number of para-hydroxylation sites is 2. The number of aryl methyl sites for hydroxylation is 2. The average Bonchev–Trinajstić information content (AvgIpc) is 1.68. The van der Waals surface area contributed by atoms with Crippen LogP contribution in [0.25, 0.3) is 64.4 Å². The van der Waals surface area contributed by atoms with Crippen LogP contribution in [0.1, 0.15) is 101 Å². The normalized spacial score (nSPS) is 21.9. The summed E-state index contributed by atoms with van der Waals surface area (Å²) in [5.74, 6) is 0. The second-order valence-corrected chi connectivity index (χ2v) is 29.4. The largest absolute Gasteiger partial charge is 0.454 e. The molecule has 4 aliphatic heterocycles. The monoisotopic (exact) mass is 1190 g/mol. The lowest BCUT2D eigenvalue weighted by Gasteiger charge is -2.51. The molecule has 0 radical (unpaired) electrons. The van der Waals surface area contributed by atoms with Gasteiger partial charge in [0.2, 0.25) is 0 Å². The smallest absolute Gasteiger partial charge is 0.252 e. The SMILES string of the molecule is Cc1cc(C)c2c(c1)N(c1ccc3c(c1)N(c1cccc4c1oc1ccccc14)c1cc(N4c5ccc(-c6ccccc6)cc5C5(C)CCCCC45C)cc4c1B3c1ccc(-c3ccccc3)cc1N4c1ccc3c(c1)sc1ccccc13)C1(C)CCCCC21C. The number of rotatable bonds is 6. The first-order chi connectivity index (χ1) is 44.4. The molecular formula is C84H71BN4OS. The van der Waals surface area contributed by atoms with Crippen LogP contribution >= 0.6 is 11.3 Å². The van der Waals surface area contributed by atoms with Gasteiger partial charge in [0, 0.05) is 93.0 Å². The van der Waals surface area contributed by atoms with Crippen LogP contribution in [0.5, 0.6) is 0 Å². The highest BCUT2D eigenvalue weighted by Crippen LogP contribution is 2.65. The van der Waals surface area contributed by atoms with E-state index < -0.39 is 0 Å². The summed E-state index contributed by atoms with van der Waals surface area (Å²) in [4.78, 5) is 11.0. The Morgan fingerprint density at radius 2 is 0.989 bits per heavy atom. The quantitative estimate of drug-likeness (QED) is 0.155. The van der Waals surface area contributed by atoms with E-state index in [1.165, 1.54) is 159 Å². The third-order valence-corrected chi connectivity index (χ3v) is 24.8. The number of benzene rings is 11. The van der Waals surface area contributed by atoms with E-state index in [0.717, 1.165) is 52.6 Å². The topological polar surface area (TPSA) is 26.1 Å². The van der Waals surface area contributed by atoms with Gasteiger partial charge in [-0.3, -0.25) is 0 Å². The number of nitrogens with zero attached hydrogens (tertiary/aromatic N) is 4. The van der Waals surface area contributed by atoms with Crippen molar-refractivity contribution >= 4 is 133 Å². The number of thiophene rings is 1. The molecule has 2 aromatic heterocycles. The van der Waals surface area contributed by atoms with Crippen LogP contribution in [-0.4, -0.2) is 17.8 Å². The van der Waals surface area contributed by atoms with Gasteiger partial charge >= 0.3 is 0 Å². The second-order valence-electron chi connectivity index (χ2n) is 28.3. The highest BCUT2D eigenvalue weighted by molar-refractivity contribution is 7.25. The van der Waals surface area contributed by atoms with Crippen molar-refractivity contribution < 1.29 is 4.42 Å². The van der Waals surface area contributed by atoms with Crippen molar-refractivity contribution in [3.63, 3.8) is 0 Å². The minimum atomic E-state index is -0.248. The lowest BCUT2D eigenvalue weighted by Crippen LogP contribution is -2.61. The Bertz CT molecular complexity index is 5240. The Kier molecular flexibility index (Phi) is 11.3. The van der Waals surface area contributed by atoms with E-state index in [4.69, 9.17) is 4.42 Å². The van der Waals surface area contributed by atoms with Crippen LogP contribution in [0.2, 0.25) is 0 Å². The summed E-state index contributed by atoms with van der Waals surface area (Å²) in [5.41, 5.74) is 27.8. The van der Waals surface area contributed by atoms with Gasteiger partial charge in [0.05, 0.1) is 16.8 Å². The maximum Gasteiger partial charge on any atom is 0.252 e. The fourth-order valence-electron chi connectivity index (χ4n) is 19.1. The predicted octanol–water partition coefficient (Wildman–Crippen LogP) is 21.5. The van der Waals surface area contributed by atoms with Gasteiger partial charge in [0.1, 0.15) is 5.58 Å². The molecule has 2 aliphatic carbocycles. The van der Waals surface area contributed by atoms with E-state index in [9.17, 15) is 0 Å². The van der Waals surface area contributed by atoms with Gasteiger partial charge in [-0.1, -0.05) is 185 Å². The zero-order valence-corrected chi connectivity index (χ0v) is 53.5. The molecule has 19 rings (SSSR count). The summed E-state index contributed by atoms with van der Waals surface area (Å²) in [5, 5.41) is 4.85. The van der Waals surface area contributed by atoms with Crippen molar-refractivity contribution in [2.24, 2.45) is 0 Å². The Labute approximate surface area is 537 Å². The van der Waals surface area contributed by atoms with Crippen LogP contribution in [0, 0.1) is 13.8 Å². The molecule has 11 aromatic carbocycles. The summed E-state index contributed by atoms with van der Waals surface area (Å²) < 4.78 is 9.88. The van der Waals surface area contributed by atoms with E-state index in [1.54, 1.807) is 0 Å². The highest BCUT2D eigenvalue weighted by Gasteiger charge is 2.60. The molecule has 0 amide bonds. The third-order valence-electron chi connectivity index (χ3n) is 23.6. The molecule has 4 unspecified atom stereocenters. The van der Waals surface area contributed by atoms with E-state index >= 15 is 0 Å². The molecule has 6 aliphatic rings. The molecule has 0 saturated heterocycles. The van der Waals surface area contributed by atoms with Gasteiger partial charge in [0.25, 0.3) is 6.71 Å². The molecule has 2 saturated carbocycles. The van der Waals surface area contributed by atoms with Gasteiger partial charge < -0.3 is 24.0 Å². The first-order valence-corrected chi connectivity index (χ1v) is 34.1. The van der Waals surface area contributed by atoms with Crippen LogP contribution < -0.4 is 36.0 Å². The maximum absolute atomic E-state index is 7.29.